The number of phenols is 1. The Labute approximate surface area is 238 Å². The summed E-state index contributed by atoms with van der Waals surface area (Å²) >= 11 is 0. The molecular formula is C29H36N4O8. The number of aromatic hydroxyl groups is 1. The molecule has 0 bridgehead atoms. The van der Waals surface area contributed by atoms with Crippen molar-refractivity contribution in [3.8, 4) is 23.0 Å². The number of hydrogen-bond donors (Lipinski definition) is 5. The first-order valence-corrected chi connectivity index (χ1v) is 13.0. The Morgan fingerprint density at radius 2 is 1.88 bits per heavy atom. The van der Waals surface area contributed by atoms with Crippen LogP contribution in [0.25, 0.3) is 0 Å². The van der Waals surface area contributed by atoms with Gasteiger partial charge < -0.3 is 39.8 Å². The van der Waals surface area contributed by atoms with Gasteiger partial charge in [0, 0.05) is 11.3 Å². The number of allylic oxidation sites excluding steroid dienone is 2. The molecule has 1 heterocycles. The van der Waals surface area contributed by atoms with Gasteiger partial charge in [-0.2, -0.15) is 5.10 Å². The van der Waals surface area contributed by atoms with Crippen molar-refractivity contribution in [2.24, 2.45) is 5.10 Å². The number of hydrogen-bond acceptors (Lipinski definition) is 10. The minimum absolute atomic E-state index is 0.0524. The Bertz CT molecular complexity index is 1320. The molecule has 2 amide bonds. The standard InChI is InChI=1S/C29H36N4O8/c1-6-9-20-12-18(13-23(27(20)35)40-8-3)15-30-33-24(34)16-41-21-11-10-19(14-22(21)39-7-2)26-25(28(36)38-5)17(4)31-29(37)32-26/h6,10-15,24,26,33-35H,1,7-9,16H2,2-5H3,(H2,31,32,37)/b30-15-/t24-,26+/m0/s1. The maximum absolute atomic E-state index is 12.4. The summed E-state index contributed by atoms with van der Waals surface area (Å²) in [5.41, 5.74) is 5.11. The summed E-state index contributed by atoms with van der Waals surface area (Å²) in [5.74, 6) is 0.508. The summed E-state index contributed by atoms with van der Waals surface area (Å²) in [7, 11) is 1.27. The maximum Gasteiger partial charge on any atom is 0.337 e. The Balaban J connectivity index is 1.71. The molecule has 3 rings (SSSR count). The fourth-order valence-electron chi connectivity index (χ4n) is 4.16. The molecule has 41 heavy (non-hydrogen) atoms. The molecule has 0 saturated heterocycles. The number of benzene rings is 2. The lowest BCUT2D eigenvalue weighted by Gasteiger charge is -2.28. The predicted octanol–water partition coefficient (Wildman–Crippen LogP) is 3.04. The van der Waals surface area contributed by atoms with E-state index in [1.807, 2.05) is 6.92 Å². The number of ether oxygens (including phenoxy) is 4. The number of carbonyl (C=O) groups excluding carboxylic acids is 2. The zero-order chi connectivity index (χ0) is 29.9. The van der Waals surface area contributed by atoms with Crippen molar-refractivity contribution in [1.29, 1.82) is 0 Å². The number of carbonyl (C=O) groups is 2. The molecule has 0 spiro atoms. The van der Waals surface area contributed by atoms with Gasteiger partial charge in [0.05, 0.1) is 38.2 Å². The first-order chi connectivity index (χ1) is 19.7. The van der Waals surface area contributed by atoms with Crippen molar-refractivity contribution in [3.63, 3.8) is 0 Å². The van der Waals surface area contributed by atoms with Crippen LogP contribution in [0.1, 0.15) is 43.5 Å². The van der Waals surface area contributed by atoms with Crippen LogP contribution in [0, 0.1) is 0 Å². The SMILES string of the molecule is C=CCc1cc(/C=N\N[C@@H](O)COc2ccc([C@H]3NC(=O)NC(C)=C3C(=O)OC)cc2OCC)cc(OCC)c1O. The molecule has 220 valence electrons. The fraction of sp³-hybridized carbons (Fsp3) is 0.345. The number of hydrazone groups is 1. The lowest BCUT2D eigenvalue weighted by Crippen LogP contribution is -2.45. The van der Waals surface area contributed by atoms with E-state index in [2.05, 4.69) is 27.7 Å². The van der Waals surface area contributed by atoms with Gasteiger partial charge in [-0.1, -0.05) is 12.1 Å². The molecule has 0 aromatic heterocycles. The van der Waals surface area contributed by atoms with Crippen LogP contribution in [0.2, 0.25) is 0 Å². The van der Waals surface area contributed by atoms with Crippen LogP contribution in [0.4, 0.5) is 4.79 Å². The van der Waals surface area contributed by atoms with Crippen LogP contribution in [-0.4, -0.2) is 61.6 Å². The second-order valence-electron chi connectivity index (χ2n) is 8.87. The van der Waals surface area contributed by atoms with Gasteiger partial charge in [0.2, 0.25) is 0 Å². The van der Waals surface area contributed by atoms with Gasteiger partial charge >= 0.3 is 12.0 Å². The van der Waals surface area contributed by atoms with E-state index >= 15 is 0 Å². The molecule has 0 radical (unpaired) electrons. The molecule has 0 unspecified atom stereocenters. The number of aliphatic hydroxyl groups is 1. The van der Waals surface area contributed by atoms with Crippen molar-refractivity contribution in [3.05, 3.63) is 70.9 Å². The highest BCUT2D eigenvalue weighted by atomic mass is 16.5. The number of nitrogens with zero attached hydrogens (tertiary/aromatic N) is 1. The van der Waals surface area contributed by atoms with Gasteiger partial charge in [0.25, 0.3) is 0 Å². The van der Waals surface area contributed by atoms with Crippen molar-refractivity contribution in [2.45, 2.75) is 39.5 Å². The second-order valence-corrected chi connectivity index (χ2v) is 8.87. The Morgan fingerprint density at radius 1 is 1.15 bits per heavy atom. The van der Waals surface area contributed by atoms with Crippen LogP contribution in [-0.2, 0) is 16.0 Å². The van der Waals surface area contributed by atoms with Crippen molar-refractivity contribution in [2.75, 3.05) is 26.9 Å². The van der Waals surface area contributed by atoms with E-state index in [4.69, 9.17) is 18.9 Å². The number of aliphatic hydroxyl groups excluding tert-OH is 1. The van der Waals surface area contributed by atoms with Crippen LogP contribution in [0.5, 0.6) is 23.0 Å². The number of nitrogens with one attached hydrogen (secondary N) is 3. The monoisotopic (exact) mass is 568 g/mol. The summed E-state index contributed by atoms with van der Waals surface area (Å²) in [6.45, 7) is 9.49. The van der Waals surface area contributed by atoms with Crippen molar-refractivity contribution >= 4 is 18.2 Å². The van der Waals surface area contributed by atoms with Gasteiger partial charge in [-0.15, -0.1) is 6.58 Å². The molecule has 5 N–H and O–H groups in total. The maximum atomic E-state index is 12.4. The van der Waals surface area contributed by atoms with Gasteiger partial charge in [-0.3, -0.25) is 5.43 Å². The van der Waals surface area contributed by atoms with Crippen LogP contribution >= 0.6 is 0 Å². The smallest absolute Gasteiger partial charge is 0.337 e. The third-order valence-electron chi connectivity index (χ3n) is 5.95. The fourth-order valence-corrected chi connectivity index (χ4v) is 4.16. The molecule has 0 fully saturated rings. The summed E-state index contributed by atoms with van der Waals surface area (Å²) in [4.78, 5) is 24.5. The summed E-state index contributed by atoms with van der Waals surface area (Å²) < 4.78 is 21.9. The lowest BCUT2D eigenvalue weighted by atomic mass is 9.95. The third kappa shape index (κ3) is 7.92. The Kier molecular flexibility index (Phi) is 11.0. The van der Waals surface area contributed by atoms with Gasteiger partial charge in [0.15, 0.2) is 29.2 Å². The predicted molar refractivity (Wildman–Crippen MR) is 152 cm³/mol. The van der Waals surface area contributed by atoms with Crippen molar-refractivity contribution < 1.29 is 38.7 Å². The number of phenolic OH excluding ortho intramolecular Hbond substituents is 1. The minimum atomic E-state index is -1.17. The van der Waals surface area contributed by atoms with E-state index in [0.29, 0.717) is 59.3 Å². The van der Waals surface area contributed by atoms with E-state index in [-0.39, 0.29) is 17.9 Å². The molecule has 2 atom stereocenters. The molecule has 12 heteroatoms. The summed E-state index contributed by atoms with van der Waals surface area (Å²) in [6, 6.07) is 7.14. The quantitative estimate of drug-likeness (QED) is 0.0759. The number of methoxy groups -OCH3 is 1. The Hall–Kier alpha value is -4.71. The average Bonchev–Trinajstić information content (AvgIpc) is 2.94. The lowest BCUT2D eigenvalue weighted by molar-refractivity contribution is -0.136. The summed E-state index contributed by atoms with van der Waals surface area (Å²) in [5, 5.41) is 30.1. The van der Waals surface area contributed by atoms with Crippen LogP contribution in [0.15, 0.2) is 59.4 Å². The van der Waals surface area contributed by atoms with E-state index in [1.165, 1.54) is 13.3 Å². The zero-order valence-corrected chi connectivity index (χ0v) is 23.5. The van der Waals surface area contributed by atoms with E-state index in [0.717, 1.165) is 0 Å². The van der Waals surface area contributed by atoms with E-state index < -0.39 is 24.3 Å². The molecule has 2 aromatic carbocycles. The highest BCUT2D eigenvalue weighted by Gasteiger charge is 2.32. The molecule has 1 aliphatic heterocycles. The molecule has 0 aliphatic carbocycles. The normalized spacial score (nSPS) is 15.5. The summed E-state index contributed by atoms with van der Waals surface area (Å²) in [6.07, 6.45) is 2.44. The first-order valence-electron chi connectivity index (χ1n) is 13.0. The minimum Gasteiger partial charge on any atom is -0.504 e. The van der Waals surface area contributed by atoms with E-state index in [1.54, 1.807) is 50.3 Å². The molecule has 2 aromatic rings. The first kappa shape index (κ1) is 30.8. The van der Waals surface area contributed by atoms with Crippen LogP contribution < -0.4 is 30.3 Å². The Morgan fingerprint density at radius 3 is 2.56 bits per heavy atom. The average molecular weight is 569 g/mol. The number of rotatable bonds is 14. The third-order valence-corrected chi connectivity index (χ3v) is 5.95. The zero-order valence-electron chi connectivity index (χ0n) is 23.5. The molecular weight excluding hydrogens is 532 g/mol. The topological polar surface area (TPSA) is 160 Å². The molecule has 1 aliphatic rings. The molecule has 12 nitrogen and oxygen atoms in total. The second kappa shape index (κ2) is 14.6. The van der Waals surface area contributed by atoms with Crippen LogP contribution in [0.3, 0.4) is 0 Å². The van der Waals surface area contributed by atoms with Gasteiger partial charge in [0.1, 0.15) is 6.61 Å². The number of esters is 1. The molecule has 0 saturated carbocycles. The van der Waals surface area contributed by atoms with E-state index in [9.17, 15) is 19.8 Å². The van der Waals surface area contributed by atoms with Gasteiger partial charge in [-0.25, -0.2) is 9.59 Å². The van der Waals surface area contributed by atoms with Gasteiger partial charge in [-0.05, 0) is 62.6 Å². The highest BCUT2D eigenvalue weighted by Crippen LogP contribution is 2.35. The van der Waals surface area contributed by atoms with Crippen molar-refractivity contribution in [1.82, 2.24) is 16.1 Å². The number of amides is 2. The largest absolute Gasteiger partial charge is 0.504 e. The number of urea groups is 1. The highest BCUT2D eigenvalue weighted by molar-refractivity contribution is 5.95.